The van der Waals surface area contributed by atoms with E-state index >= 15 is 0 Å². The molecule has 0 spiro atoms. The molecule has 18 heavy (non-hydrogen) atoms. The van der Waals surface area contributed by atoms with Crippen LogP contribution in [0.2, 0.25) is 0 Å². The molecule has 0 heterocycles. The molecule has 0 aromatic rings. The molecule has 3 nitrogen and oxygen atoms in total. The molecule has 0 unspecified atom stereocenters. The summed E-state index contributed by atoms with van der Waals surface area (Å²) in [5.74, 6) is 1.86. The van der Waals surface area contributed by atoms with Crippen LogP contribution in [0, 0.1) is 0 Å². The molecule has 2 N–H and O–H groups in total. The summed E-state index contributed by atoms with van der Waals surface area (Å²) in [4.78, 5) is 11.5. The predicted octanol–water partition coefficient (Wildman–Crippen LogP) is 2.56. The lowest BCUT2D eigenvalue weighted by molar-refractivity contribution is -0.118. The summed E-state index contributed by atoms with van der Waals surface area (Å²) in [6.07, 6.45) is 9.25. The van der Waals surface area contributed by atoms with E-state index in [1.165, 1.54) is 38.5 Å². The lowest BCUT2D eigenvalue weighted by Gasteiger charge is -2.16. The van der Waals surface area contributed by atoms with Crippen molar-refractivity contribution in [3.63, 3.8) is 0 Å². The van der Waals surface area contributed by atoms with Crippen LogP contribution >= 0.6 is 11.8 Å². The first kappa shape index (κ1) is 15.8. The van der Waals surface area contributed by atoms with Crippen molar-refractivity contribution in [1.82, 2.24) is 10.6 Å². The molecule has 1 saturated carbocycles. The van der Waals surface area contributed by atoms with Crippen LogP contribution in [0.3, 0.4) is 0 Å². The molecule has 0 atom stereocenters. The van der Waals surface area contributed by atoms with Gasteiger partial charge in [0.1, 0.15) is 0 Å². The fourth-order valence-corrected chi connectivity index (χ4v) is 3.04. The smallest absolute Gasteiger partial charge is 0.230 e. The van der Waals surface area contributed by atoms with E-state index < -0.39 is 0 Å². The first-order valence-corrected chi connectivity index (χ1v) is 8.56. The highest BCUT2D eigenvalue weighted by molar-refractivity contribution is 7.99. The average molecular weight is 272 g/mol. The van der Waals surface area contributed by atoms with E-state index in [1.807, 2.05) is 0 Å². The summed E-state index contributed by atoms with van der Waals surface area (Å²) >= 11 is 1.72. The van der Waals surface area contributed by atoms with E-state index in [9.17, 15) is 4.79 Å². The number of carbonyl (C=O) groups is 1. The van der Waals surface area contributed by atoms with Crippen molar-refractivity contribution in [1.29, 1.82) is 0 Å². The minimum Gasteiger partial charge on any atom is -0.354 e. The van der Waals surface area contributed by atoms with E-state index in [0.29, 0.717) is 11.8 Å². The van der Waals surface area contributed by atoms with Crippen LogP contribution in [-0.4, -0.2) is 36.5 Å². The number of carbonyl (C=O) groups excluding carboxylic acids is 1. The lowest BCUT2D eigenvalue weighted by atomic mass is 10.1. The maximum atomic E-state index is 11.5. The molecular formula is C14H28N2OS. The van der Waals surface area contributed by atoms with Crippen molar-refractivity contribution < 1.29 is 4.79 Å². The van der Waals surface area contributed by atoms with Gasteiger partial charge in [-0.1, -0.05) is 32.6 Å². The van der Waals surface area contributed by atoms with Gasteiger partial charge < -0.3 is 10.6 Å². The average Bonchev–Trinajstić information content (AvgIpc) is 2.63. The Balaban J connectivity index is 1.95. The van der Waals surface area contributed by atoms with Gasteiger partial charge in [0.05, 0.1) is 5.75 Å². The Morgan fingerprint density at radius 3 is 2.56 bits per heavy atom. The highest BCUT2D eigenvalue weighted by atomic mass is 32.2. The predicted molar refractivity (Wildman–Crippen MR) is 80.1 cm³/mol. The Morgan fingerprint density at radius 1 is 1.17 bits per heavy atom. The summed E-state index contributed by atoms with van der Waals surface area (Å²) in [6, 6.07) is 0.680. The van der Waals surface area contributed by atoms with Crippen molar-refractivity contribution >= 4 is 17.7 Å². The standard InChI is InChI=1S/C14H28N2OS/c1-2-11-18-12-14(17)16-10-9-15-13-7-5-3-4-6-8-13/h13,15H,2-12H2,1H3,(H,16,17). The van der Waals surface area contributed by atoms with Gasteiger partial charge in [-0.3, -0.25) is 4.79 Å². The first-order valence-electron chi connectivity index (χ1n) is 7.40. The Hall–Kier alpha value is -0.220. The van der Waals surface area contributed by atoms with Crippen molar-refractivity contribution in [2.24, 2.45) is 0 Å². The first-order chi connectivity index (χ1) is 8.83. The Bertz CT molecular complexity index is 216. The fourth-order valence-electron chi connectivity index (χ4n) is 2.32. The third kappa shape index (κ3) is 7.98. The van der Waals surface area contributed by atoms with Crippen LogP contribution < -0.4 is 10.6 Å². The van der Waals surface area contributed by atoms with Crippen molar-refractivity contribution in [2.45, 2.75) is 57.9 Å². The zero-order chi connectivity index (χ0) is 13.1. The van der Waals surface area contributed by atoms with Crippen LogP contribution in [-0.2, 0) is 4.79 Å². The van der Waals surface area contributed by atoms with Crippen LogP contribution in [0.25, 0.3) is 0 Å². The molecule has 4 heteroatoms. The van der Waals surface area contributed by atoms with Crippen LogP contribution in [0.15, 0.2) is 0 Å². The summed E-state index contributed by atoms with van der Waals surface area (Å²) < 4.78 is 0. The molecular weight excluding hydrogens is 244 g/mol. The Kier molecular flexibility index (Phi) is 9.40. The monoisotopic (exact) mass is 272 g/mol. The van der Waals surface area contributed by atoms with Gasteiger partial charge >= 0.3 is 0 Å². The highest BCUT2D eigenvalue weighted by Crippen LogP contribution is 2.16. The van der Waals surface area contributed by atoms with Gasteiger partial charge in [0, 0.05) is 19.1 Å². The largest absolute Gasteiger partial charge is 0.354 e. The zero-order valence-electron chi connectivity index (χ0n) is 11.7. The number of nitrogens with one attached hydrogen (secondary N) is 2. The quantitative estimate of drug-likeness (QED) is 0.527. The molecule has 1 aliphatic rings. The van der Waals surface area contributed by atoms with Crippen LogP contribution in [0.5, 0.6) is 0 Å². The molecule has 0 aromatic carbocycles. The van der Waals surface area contributed by atoms with Crippen molar-refractivity contribution in [3.8, 4) is 0 Å². The summed E-state index contributed by atoms with van der Waals surface area (Å²) in [5.41, 5.74) is 0. The van der Waals surface area contributed by atoms with Gasteiger partial charge in [-0.2, -0.15) is 11.8 Å². The maximum absolute atomic E-state index is 11.5. The van der Waals surface area contributed by atoms with E-state index in [0.717, 1.165) is 25.3 Å². The van der Waals surface area contributed by atoms with E-state index in [2.05, 4.69) is 17.6 Å². The van der Waals surface area contributed by atoms with E-state index in [1.54, 1.807) is 11.8 Å². The van der Waals surface area contributed by atoms with E-state index in [4.69, 9.17) is 0 Å². The SMILES string of the molecule is CCCSCC(=O)NCCNC1CCCCCC1. The summed E-state index contributed by atoms with van der Waals surface area (Å²) in [6.45, 7) is 3.82. The second kappa shape index (κ2) is 10.7. The van der Waals surface area contributed by atoms with Gasteiger partial charge in [-0.05, 0) is 25.0 Å². The van der Waals surface area contributed by atoms with Gasteiger partial charge in [-0.15, -0.1) is 0 Å². The lowest BCUT2D eigenvalue weighted by Crippen LogP contribution is -2.37. The molecule has 0 aromatic heterocycles. The minimum absolute atomic E-state index is 0.177. The third-order valence-electron chi connectivity index (χ3n) is 3.32. The Labute approximate surface area is 116 Å². The summed E-state index contributed by atoms with van der Waals surface area (Å²) in [7, 11) is 0. The number of rotatable bonds is 8. The molecule has 0 radical (unpaired) electrons. The third-order valence-corrected chi connectivity index (χ3v) is 4.48. The van der Waals surface area contributed by atoms with Crippen LogP contribution in [0.1, 0.15) is 51.9 Å². The topological polar surface area (TPSA) is 41.1 Å². The number of hydrogen-bond donors (Lipinski definition) is 2. The van der Waals surface area contributed by atoms with Gasteiger partial charge in [0.15, 0.2) is 0 Å². The zero-order valence-corrected chi connectivity index (χ0v) is 12.5. The van der Waals surface area contributed by atoms with Gasteiger partial charge in [0.25, 0.3) is 0 Å². The van der Waals surface area contributed by atoms with Gasteiger partial charge in [-0.25, -0.2) is 0 Å². The second-order valence-corrected chi connectivity index (χ2v) is 6.15. The fraction of sp³-hybridized carbons (Fsp3) is 0.929. The molecule has 0 saturated heterocycles. The molecule has 1 amide bonds. The maximum Gasteiger partial charge on any atom is 0.230 e. The molecule has 1 rings (SSSR count). The van der Waals surface area contributed by atoms with Crippen molar-refractivity contribution in [3.05, 3.63) is 0 Å². The summed E-state index contributed by atoms with van der Waals surface area (Å²) in [5, 5.41) is 6.54. The number of hydrogen-bond acceptors (Lipinski definition) is 3. The van der Waals surface area contributed by atoms with E-state index in [-0.39, 0.29) is 5.91 Å². The molecule has 1 fully saturated rings. The van der Waals surface area contributed by atoms with Crippen LogP contribution in [0.4, 0.5) is 0 Å². The molecule has 1 aliphatic carbocycles. The molecule has 106 valence electrons. The van der Waals surface area contributed by atoms with Gasteiger partial charge in [0.2, 0.25) is 5.91 Å². The molecule has 0 bridgehead atoms. The molecule has 0 aliphatic heterocycles. The second-order valence-electron chi connectivity index (χ2n) is 5.05. The number of thioether (sulfide) groups is 1. The normalized spacial score (nSPS) is 17.4. The highest BCUT2D eigenvalue weighted by Gasteiger charge is 2.10. The minimum atomic E-state index is 0.177. The Morgan fingerprint density at radius 2 is 1.89 bits per heavy atom. The number of amides is 1. The van der Waals surface area contributed by atoms with Crippen molar-refractivity contribution in [2.75, 3.05) is 24.6 Å².